The van der Waals surface area contributed by atoms with Crippen molar-refractivity contribution in [3.05, 3.63) is 47.5 Å². The van der Waals surface area contributed by atoms with Gasteiger partial charge in [-0.05, 0) is 12.5 Å². The van der Waals surface area contributed by atoms with E-state index in [1.54, 1.807) is 30.3 Å². The van der Waals surface area contributed by atoms with Crippen LogP contribution in [0.3, 0.4) is 0 Å². The summed E-state index contributed by atoms with van der Waals surface area (Å²) in [7, 11) is 0. The summed E-state index contributed by atoms with van der Waals surface area (Å²) in [5.41, 5.74) is 0.705. The first-order valence-corrected chi connectivity index (χ1v) is 5.89. The van der Waals surface area contributed by atoms with Crippen LogP contribution in [-0.2, 0) is 20.8 Å². The van der Waals surface area contributed by atoms with Crippen molar-refractivity contribution in [3.63, 3.8) is 0 Å². The maximum absolute atomic E-state index is 11.7. The number of carbonyl (C=O) groups is 3. The molecule has 0 aliphatic heterocycles. The highest BCUT2D eigenvalue weighted by atomic mass is 16.4. The molecule has 0 aliphatic carbocycles. The van der Waals surface area contributed by atoms with Gasteiger partial charge in [0.2, 0.25) is 5.91 Å². The maximum Gasteiger partial charge on any atom is 0.328 e. The van der Waals surface area contributed by atoms with Crippen molar-refractivity contribution in [2.75, 3.05) is 0 Å². The van der Waals surface area contributed by atoms with Crippen LogP contribution in [0.1, 0.15) is 12.5 Å². The highest BCUT2D eigenvalue weighted by Gasteiger charge is 2.21. The molecule has 20 heavy (non-hydrogen) atoms. The molecule has 1 aromatic rings. The zero-order chi connectivity index (χ0) is 15.1. The van der Waals surface area contributed by atoms with Crippen LogP contribution in [0.25, 0.3) is 0 Å². The highest BCUT2D eigenvalue weighted by Crippen LogP contribution is 2.04. The highest BCUT2D eigenvalue weighted by molar-refractivity contribution is 5.99. The Balaban J connectivity index is 2.76. The molecule has 0 saturated heterocycles. The van der Waals surface area contributed by atoms with Crippen molar-refractivity contribution in [1.29, 1.82) is 0 Å². The molecule has 0 heterocycles. The topological polar surface area (TPSA) is 104 Å². The van der Waals surface area contributed by atoms with Crippen LogP contribution in [0.15, 0.2) is 42.0 Å². The van der Waals surface area contributed by atoms with E-state index < -0.39 is 23.9 Å². The van der Waals surface area contributed by atoms with Gasteiger partial charge in [0.25, 0.3) is 0 Å². The normalized spacial score (nSPS) is 12.6. The molecule has 6 heteroatoms. The van der Waals surface area contributed by atoms with Crippen LogP contribution in [-0.4, -0.2) is 34.1 Å². The summed E-state index contributed by atoms with van der Waals surface area (Å²) in [4.78, 5) is 33.3. The van der Waals surface area contributed by atoms with E-state index in [1.165, 1.54) is 6.92 Å². The number of hydrogen-bond acceptors (Lipinski definition) is 3. The lowest BCUT2D eigenvalue weighted by Gasteiger charge is -2.14. The van der Waals surface area contributed by atoms with Gasteiger partial charge in [-0.1, -0.05) is 30.3 Å². The Labute approximate surface area is 115 Å². The van der Waals surface area contributed by atoms with Gasteiger partial charge >= 0.3 is 11.9 Å². The Hall–Kier alpha value is -2.63. The minimum Gasteiger partial charge on any atom is -0.480 e. The molecular weight excluding hydrogens is 262 g/mol. The predicted molar refractivity (Wildman–Crippen MR) is 71.1 cm³/mol. The van der Waals surface area contributed by atoms with E-state index in [2.05, 4.69) is 5.32 Å². The molecule has 1 aromatic carbocycles. The fourth-order valence-electron chi connectivity index (χ4n) is 1.57. The van der Waals surface area contributed by atoms with Gasteiger partial charge in [-0.25, -0.2) is 9.59 Å². The van der Waals surface area contributed by atoms with Crippen molar-refractivity contribution in [3.8, 4) is 0 Å². The van der Waals surface area contributed by atoms with E-state index in [4.69, 9.17) is 10.2 Å². The molecular formula is C14H15NO5. The largest absolute Gasteiger partial charge is 0.480 e. The SMILES string of the molecule is C/C(=C\C(=O)O)C(=O)N[C@@H](Cc1ccccc1)C(=O)O. The fourth-order valence-corrected chi connectivity index (χ4v) is 1.57. The second kappa shape index (κ2) is 7.08. The van der Waals surface area contributed by atoms with Crippen LogP contribution < -0.4 is 5.32 Å². The molecule has 0 spiro atoms. The minimum atomic E-state index is -1.26. The molecule has 0 fully saturated rings. The second-order valence-electron chi connectivity index (χ2n) is 4.22. The summed E-state index contributed by atoms with van der Waals surface area (Å²) >= 11 is 0. The molecule has 6 nitrogen and oxygen atoms in total. The first-order chi connectivity index (χ1) is 9.40. The number of carboxylic acids is 2. The molecule has 0 aromatic heterocycles. The van der Waals surface area contributed by atoms with Gasteiger partial charge in [0, 0.05) is 18.1 Å². The zero-order valence-corrected chi connectivity index (χ0v) is 10.9. The molecule has 0 saturated carbocycles. The standard InChI is InChI=1S/C14H15NO5/c1-9(7-12(16)17)13(18)15-11(14(19)20)8-10-5-3-2-4-6-10/h2-7,11H,8H2,1H3,(H,15,18)(H,16,17)(H,19,20)/b9-7+/t11-/m0/s1. The number of nitrogens with one attached hydrogen (secondary N) is 1. The molecule has 0 radical (unpaired) electrons. The van der Waals surface area contributed by atoms with E-state index in [-0.39, 0.29) is 12.0 Å². The number of hydrogen-bond donors (Lipinski definition) is 3. The van der Waals surface area contributed by atoms with Gasteiger partial charge in [0.05, 0.1) is 0 Å². The lowest BCUT2D eigenvalue weighted by Crippen LogP contribution is -2.42. The quantitative estimate of drug-likeness (QED) is 0.668. The molecule has 0 bridgehead atoms. The number of benzene rings is 1. The monoisotopic (exact) mass is 277 g/mol. The minimum absolute atomic E-state index is 0.0585. The number of amides is 1. The third-order valence-corrected chi connectivity index (χ3v) is 2.58. The van der Waals surface area contributed by atoms with E-state index in [9.17, 15) is 14.4 Å². The summed E-state index contributed by atoms with van der Waals surface area (Å²) in [6.45, 7) is 1.31. The van der Waals surface area contributed by atoms with Crippen LogP contribution >= 0.6 is 0 Å². The number of carboxylic acid groups (broad SMARTS) is 2. The summed E-state index contributed by atoms with van der Waals surface area (Å²) in [6, 6.07) is 7.74. The molecule has 3 N–H and O–H groups in total. The van der Waals surface area contributed by atoms with Crippen LogP contribution in [0.4, 0.5) is 0 Å². The lowest BCUT2D eigenvalue weighted by atomic mass is 10.1. The fraction of sp³-hybridized carbons (Fsp3) is 0.214. The van der Waals surface area contributed by atoms with Gasteiger partial charge in [-0.15, -0.1) is 0 Å². The second-order valence-corrected chi connectivity index (χ2v) is 4.22. The Morgan fingerprint density at radius 1 is 1.20 bits per heavy atom. The van der Waals surface area contributed by atoms with E-state index >= 15 is 0 Å². The smallest absolute Gasteiger partial charge is 0.328 e. The Morgan fingerprint density at radius 2 is 1.80 bits per heavy atom. The van der Waals surface area contributed by atoms with Crippen molar-refractivity contribution in [1.82, 2.24) is 5.32 Å². The summed E-state index contributed by atoms with van der Waals surface area (Å²) in [5, 5.41) is 19.9. The Kier molecular flexibility index (Phi) is 5.46. The number of aliphatic carboxylic acids is 2. The average molecular weight is 277 g/mol. The third-order valence-electron chi connectivity index (χ3n) is 2.58. The van der Waals surface area contributed by atoms with Crippen LogP contribution in [0.2, 0.25) is 0 Å². The van der Waals surface area contributed by atoms with E-state index in [0.29, 0.717) is 0 Å². The Bertz CT molecular complexity index is 536. The Morgan fingerprint density at radius 3 is 2.30 bits per heavy atom. The molecule has 1 atom stereocenters. The van der Waals surface area contributed by atoms with Crippen molar-refractivity contribution in [2.24, 2.45) is 0 Å². The number of rotatable bonds is 6. The third kappa shape index (κ3) is 4.93. The van der Waals surface area contributed by atoms with Gasteiger partial charge in [0.1, 0.15) is 6.04 Å². The van der Waals surface area contributed by atoms with E-state index in [1.807, 2.05) is 0 Å². The summed E-state index contributed by atoms with van der Waals surface area (Å²) in [5.74, 6) is -3.14. The molecule has 1 rings (SSSR count). The van der Waals surface area contributed by atoms with Gasteiger partial charge < -0.3 is 15.5 Å². The summed E-state index contributed by atoms with van der Waals surface area (Å²) in [6.07, 6.45) is 0.860. The lowest BCUT2D eigenvalue weighted by molar-refractivity contribution is -0.141. The van der Waals surface area contributed by atoms with Gasteiger partial charge in [-0.3, -0.25) is 4.79 Å². The zero-order valence-electron chi connectivity index (χ0n) is 10.9. The van der Waals surface area contributed by atoms with Gasteiger partial charge in [0.15, 0.2) is 0 Å². The van der Waals surface area contributed by atoms with Gasteiger partial charge in [-0.2, -0.15) is 0 Å². The molecule has 0 aliphatic rings. The number of carbonyl (C=O) groups excluding carboxylic acids is 1. The van der Waals surface area contributed by atoms with Crippen molar-refractivity contribution >= 4 is 17.8 Å². The molecule has 0 unspecified atom stereocenters. The van der Waals surface area contributed by atoms with Crippen molar-refractivity contribution in [2.45, 2.75) is 19.4 Å². The first kappa shape index (κ1) is 15.4. The first-order valence-electron chi connectivity index (χ1n) is 5.89. The van der Waals surface area contributed by atoms with Crippen molar-refractivity contribution < 1.29 is 24.6 Å². The predicted octanol–water partition coefficient (Wildman–Crippen LogP) is 0.829. The summed E-state index contributed by atoms with van der Waals surface area (Å²) < 4.78 is 0. The molecule has 1 amide bonds. The van der Waals surface area contributed by atoms with Crippen LogP contribution in [0, 0.1) is 0 Å². The maximum atomic E-state index is 11.7. The average Bonchev–Trinajstić information content (AvgIpc) is 2.38. The van der Waals surface area contributed by atoms with Crippen LogP contribution in [0.5, 0.6) is 0 Å². The van der Waals surface area contributed by atoms with E-state index in [0.717, 1.165) is 11.6 Å². The molecule has 106 valence electrons.